The standard InChI is InChI=1S/C20H15N3O2/c21-16-3-1-2-14(9-16)18-11-19(25)23-20(22-18)15-5-4-13-10-17(24)7-6-12(13)8-15/h1-11,24H,21H2,(H,22,23,25). The molecule has 0 atom stereocenters. The van der Waals surface area contributed by atoms with E-state index in [0.29, 0.717) is 17.2 Å². The van der Waals surface area contributed by atoms with Gasteiger partial charge in [-0.15, -0.1) is 0 Å². The van der Waals surface area contributed by atoms with Gasteiger partial charge in [0.05, 0.1) is 5.69 Å². The minimum Gasteiger partial charge on any atom is -0.508 e. The molecule has 0 fully saturated rings. The van der Waals surface area contributed by atoms with Gasteiger partial charge < -0.3 is 15.8 Å². The molecule has 1 aromatic heterocycles. The number of H-pyrrole nitrogens is 1. The molecule has 0 amide bonds. The fourth-order valence-corrected chi connectivity index (χ4v) is 2.82. The molecule has 0 saturated carbocycles. The number of nitrogens with one attached hydrogen (secondary N) is 1. The van der Waals surface area contributed by atoms with Crippen molar-refractivity contribution in [3.05, 3.63) is 77.1 Å². The number of phenolic OH excluding ortho intramolecular Hbond substituents is 1. The number of hydrogen-bond donors (Lipinski definition) is 3. The lowest BCUT2D eigenvalue weighted by Gasteiger charge is -2.07. The van der Waals surface area contributed by atoms with E-state index in [4.69, 9.17) is 5.73 Å². The zero-order chi connectivity index (χ0) is 17.4. The van der Waals surface area contributed by atoms with E-state index >= 15 is 0 Å². The smallest absolute Gasteiger partial charge is 0.251 e. The summed E-state index contributed by atoms with van der Waals surface area (Å²) < 4.78 is 0. The van der Waals surface area contributed by atoms with Gasteiger partial charge in [-0.05, 0) is 41.1 Å². The molecule has 25 heavy (non-hydrogen) atoms. The van der Waals surface area contributed by atoms with Crippen LogP contribution >= 0.6 is 0 Å². The normalized spacial score (nSPS) is 10.9. The van der Waals surface area contributed by atoms with Gasteiger partial charge in [0.1, 0.15) is 11.6 Å². The van der Waals surface area contributed by atoms with Crippen molar-refractivity contribution in [2.45, 2.75) is 0 Å². The minimum absolute atomic E-state index is 0.218. The van der Waals surface area contributed by atoms with Crippen LogP contribution in [0.5, 0.6) is 5.75 Å². The lowest BCUT2D eigenvalue weighted by atomic mass is 10.1. The SMILES string of the molecule is Nc1cccc(-c2cc(=O)[nH]c(-c3ccc4cc(O)ccc4c3)n2)c1. The van der Waals surface area contributed by atoms with Crippen LogP contribution in [0.25, 0.3) is 33.4 Å². The zero-order valence-corrected chi connectivity index (χ0v) is 13.2. The summed E-state index contributed by atoms with van der Waals surface area (Å²) in [6, 6.07) is 19.6. The maximum Gasteiger partial charge on any atom is 0.251 e. The van der Waals surface area contributed by atoms with Gasteiger partial charge in [0.15, 0.2) is 0 Å². The Kier molecular flexibility index (Phi) is 3.47. The van der Waals surface area contributed by atoms with Crippen LogP contribution in [0.15, 0.2) is 71.5 Å². The lowest BCUT2D eigenvalue weighted by Crippen LogP contribution is -2.08. The van der Waals surface area contributed by atoms with E-state index in [9.17, 15) is 9.90 Å². The van der Waals surface area contributed by atoms with Gasteiger partial charge in [-0.25, -0.2) is 4.98 Å². The molecule has 4 aromatic rings. The topological polar surface area (TPSA) is 92.0 Å². The largest absolute Gasteiger partial charge is 0.508 e. The molecule has 0 aliphatic heterocycles. The summed E-state index contributed by atoms with van der Waals surface area (Å²) in [5.41, 5.74) is 8.36. The lowest BCUT2D eigenvalue weighted by molar-refractivity contribution is 0.476. The Morgan fingerprint density at radius 1 is 0.880 bits per heavy atom. The number of fused-ring (bicyclic) bond motifs is 1. The van der Waals surface area contributed by atoms with Gasteiger partial charge in [-0.2, -0.15) is 0 Å². The van der Waals surface area contributed by atoms with Crippen LogP contribution in [-0.2, 0) is 0 Å². The average Bonchev–Trinajstić information content (AvgIpc) is 2.60. The first kappa shape index (κ1) is 15.0. The van der Waals surface area contributed by atoms with Crippen molar-refractivity contribution >= 4 is 16.5 Å². The van der Waals surface area contributed by atoms with Crippen LogP contribution < -0.4 is 11.3 Å². The first-order valence-corrected chi connectivity index (χ1v) is 7.79. The van der Waals surface area contributed by atoms with E-state index in [1.54, 1.807) is 24.3 Å². The van der Waals surface area contributed by atoms with Gasteiger partial charge in [0.25, 0.3) is 5.56 Å². The molecule has 5 nitrogen and oxygen atoms in total. The third kappa shape index (κ3) is 2.95. The van der Waals surface area contributed by atoms with E-state index in [1.165, 1.54) is 6.07 Å². The summed E-state index contributed by atoms with van der Waals surface area (Å²) in [5, 5.41) is 11.4. The number of nitrogens with zero attached hydrogens (tertiary/aromatic N) is 1. The minimum atomic E-state index is -0.228. The number of benzene rings is 3. The number of phenols is 1. The molecule has 0 bridgehead atoms. The Labute approximate surface area is 143 Å². The molecule has 122 valence electrons. The Balaban J connectivity index is 1.85. The third-order valence-corrected chi connectivity index (χ3v) is 4.02. The Hall–Kier alpha value is -3.60. The van der Waals surface area contributed by atoms with E-state index in [-0.39, 0.29) is 11.3 Å². The predicted octanol–water partition coefficient (Wildman–Crippen LogP) is 3.54. The zero-order valence-electron chi connectivity index (χ0n) is 13.2. The molecule has 3 aromatic carbocycles. The second-order valence-corrected chi connectivity index (χ2v) is 5.85. The van der Waals surface area contributed by atoms with E-state index in [1.807, 2.05) is 36.4 Å². The summed E-state index contributed by atoms with van der Waals surface area (Å²) in [6.45, 7) is 0. The number of aromatic amines is 1. The maximum absolute atomic E-state index is 12.1. The van der Waals surface area contributed by atoms with Gasteiger partial charge in [-0.3, -0.25) is 4.79 Å². The van der Waals surface area contributed by atoms with Crippen molar-refractivity contribution in [2.75, 3.05) is 5.73 Å². The Morgan fingerprint density at radius 3 is 2.52 bits per heavy atom. The summed E-state index contributed by atoms with van der Waals surface area (Å²) in [6.07, 6.45) is 0. The first-order chi connectivity index (χ1) is 12.1. The first-order valence-electron chi connectivity index (χ1n) is 7.79. The van der Waals surface area contributed by atoms with Crippen LogP contribution in [0.4, 0.5) is 5.69 Å². The molecule has 0 aliphatic rings. The fraction of sp³-hybridized carbons (Fsp3) is 0. The monoisotopic (exact) mass is 329 g/mol. The number of aromatic nitrogens is 2. The molecule has 5 heteroatoms. The van der Waals surface area contributed by atoms with Crippen LogP contribution in [0.2, 0.25) is 0 Å². The third-order valence-electron chi connectivity index (χ3n) is 4.02. The molecule has 0 spiro atoms. The molecular weight excluding hydrogens is 314 g/mol. The van der Waals surface area contributed by atoms with Crippen molar-refractivity contribution in [2.24, 2.45) is 0 Å². The molecule has 4 rings (SSSR count). The highest BCUT2D eigenvalue weighted by atomic mass is 16.3. The van der Waals surface area contributed by atoms with Gasteiger partial charge in [0, 0.05) is 22.9 Å². The number of aromatic hydroxyl groups is 1. The van der Waals surface area contributed by atoms with Gasteiger partial charge in [0.2, 0.25) is 0 Å². The van der Waals surface area contributed by atoms with Crippen LogP contribution in [0.1, 0.15) is 0 Å². The molecule has 0 saturated heterocycles. The quantitative estimate of drug-likeness (QED) is 0.490. The van der Waals surface area contributed by atoms with Crippen molar-refractivity contribution in [3.8, 4) is 28.4 Å². The summed E-state index contributed by atoms with van der Waals surface area (Å²) >= 11 is 0. The van der Waals surface area contributed by atoms with Crippen molar-refractivity contribution in [3.63, 3.8) is 0 Å². The van der Waals surface area contributed by atoms with Gasteiger partial charge in [-0.1, -0.05) is 30.3 Å². The van der Waals surface area contributed by atoms with Crippen LogP contribution in [-0.4, -0.2) is 15.1 Å². The molecule has 1 heterocycles. The molecule has 0 aliphatic carbocycles. The highest BCUT2D eigenvalue weighted by Crippen LogP contribution is 2.26. The second-order valence-electron chi connectivity index (χ2n) is 5.85. The molecule has 4 N–H and O–H groups in total. The van der Waals surface area contributed by atoms with E-state index in [2.05, 4.69) is 9.97 Å². The summed E-state index contributed by atoms with van der Waals surface area (Å²) in [5.74, 6) is 0.704. The Bertz CT molecular complexity index is 1150. The fourth-order valence-electron chi connectivity index (χ4n) is 2.82. The number of rotatable bonds is 2. The summed E-state index contributed by atoms with van der Waals surface area (Å²) in [7, 11) is 0. The van der Waals surface area contributed by atoms with E-state index in [0.717, 1.165) is 21.9 Å². The molecule has 0 unspecified atom stereocenters. The average molecular weight is 329 g/mol. The number of nitrogen functional groups attached to an aromatic ring is 1. The highest BCUT2D eigenvalue weighted by molar-refractivity contribution is 5.87. The van der Waals surface area contributed by atoms with Crippen molar-refractivity contribution in [1.29, 1.82) is 0 Å². The van der Waals surface area contributed by atoms with Crippen LogP contribution in [0.3, 0.4) is 0 Å². The van der Waals surface area contributed by atoms with E-state index < -0.39 is 0 Å². The van der Waals surface area contributed by atoms with Crippen molar-refractivity contribution < 1.29 is 5.11 Å². The second kappa shape index (κ2) is 5.79. The molecular formula is C20H15N3O2. The maximum atomic E-state index is 12.1. The van der Waals surface area contributed by atoms with Crippen LogP contribution in [0, 0.1) is 0 Å². The number of nitrogens with two attached hydrogens (primary N) is 1. The Morgan fingerprint density at radius 2 is 1.68 bits per heavy atom. The number of hydrogen-bond acceptors (Lipinski definition) is 4. The summed E-state index contributed by atoms with van der Waals surface area (Å²) in [4.78, 5) is 19.4. The highest BCUT2D eigenvalue weighted by Gasteiger charge is 2.08. The predicted molar refractivity (Wildman–Crippen MR) is 99.3 cm³/mol. The van der Waals surface area contributed by atoms with Crippen molar-refractivity contribution in [1.82, 2.24) is 9.97 Å². The number of anilines is 1. The molecule has 0 radical (unpaired) electrons. The van der Waals surface area contributed by atoms with Gasteiger partial charge >= 0.3 is 0 Å².